The summed E-state index contributed by atoms with van der Waals surface area (Å²) in [6, 6.07) is 7.13. The van der Waals surface area contributed by atoms with Gasteiger partial charge in [0.15, 0.2) is 0 Å². The molecule has 1 N–H and O–H groups in total. The zero-order valence-electron chi connectivity index (χ0n) is 14.4. The lowest BCUT2D eigenvalue weighted by atomic mass is 9.52. The zero-order valence-corrected chi connectivity index (χ0v) is 14.4. The Morgan fingerprint density at radius 3 is 2.00 bits per heavy atom. The van der Waals surface area contributed by atoms with E-state index >= 15 is 0 Å². The van der Waals surface area contributed by atoms with Gasteiger partial charge in [0.25, 0.3) is 0 Å². The molecule has 0 aromatic heterocycles. The van der Waals surface area contributed by atoms with Crippen LogP contribution in [-0.2, 0) is 5.41 Å². The molecule has 0 spiro atoms. The largest absolute Gasteiger partial charge is 0.311 e. The van der Waals surface area contributed by atoms with Gasteiger partial charge in [-0.1, -0.05) is 32.9 Å². The zero-order chi connectivity index (χ0) is 15.9. The molecule has 118 valence electrons. The van der Waals surface area contributed by atoms with Crippen LogP contribution in [0, 0.1) is 17.2 Å². The molecule has 0 aliphatic heterocycles. The van der Waals surface area contributed by atoms with E-state index in [1.54, 1.807) is 12.1 Å². The Morgan fingerprint density at radius 1 is 1.05 bits per heavy atom. The summed E-state index contributed by atoms with van der Waals surface area (Å²) in [7, 11) is 0. The Kier molecular flexibility index (Phi) is 4.23. The van der Waals surface area contributed by atoms with E-state index in [-0.39, 0.29) is 16.8 Å². The van der Waals surface area contributed by atoms with Gasteiger partial charge in [-0.05, 0) is 62.6 Å². The molecule has 2 rings (SSSR count). The van der Waals surface area contributed by atoms with Crippen LogP contribution in [0.2, 0.25) is 0 Å². The van der Waals surface area contributed by atoms with Crippen LogP contribution in [0.25, 0.3) is 0 Å². The van der Waals surface area contributed by atoms with E-state index in [9.17, 15) is 4.39 Å². The molecule has 0 unspecified atom stereocenters. The molecule has 1 fully saturated rings. The average Bonchev–Trinajstić information content (AvgIpc) is 2.26. The molecule has 0 heterocycles. The third-order valence-corrected chi connectivity index (χ3v) is 4.91. The van der Waals surface area contributed by atoms with E-state index in [1.807, 2.05) is 12.1 Å². The van der Waals surface area contributed by atoms with Gasteiger partial charge in [0.2, 0.25) is 0 Å². The summed E-state index contributed by atoms with van der Waals surface area (Å²) in [6.07, 6.45) is 2.37. The van der Waals surface area contributed by atoms with Crippen LogP contribution in [0.3, 0.4) is 0 Å². The molecule has 2 heteroatoms. The molecular formula is C19H30FN. The summed E-state index contributed by atoms with van der Waals surface area (Å²) in [6.45, 7) is 14.5. The fourth-order valence-corrected chi connectivity index (χ4v) is 3.22. The van der Waals surface area contributed by atoms with E-state index in [0.29, 0.717) is 5.41 Å². The Hall–Kier alpha value is -0.890. The van der Waals surface area contributed by atoms with Crippen molar-refractivity contribution in [2.75, 3.05) is 6.54 Å². The minimum atomic E-state index is -0.149. The maximum Gasteiger partial charge on any atom is 0.123 e. The first-order valence-corrected chi connectivity index (χ1v) is 8.03. The lowest BCUT2D eigenvalue weighted by Crippen LogP contribution is -2.54. The molecule has 21 heavy (non-hydrogen) atoms. The van der Waals surface area contributed by atoms with Gasteiger partial charge in [0, 0.05) is 17.5 Å². The van der Waals surface area contributed by atoms with Gasteiger partial charge in [0.1, 0.15) is 5.82 Å². The highest BCUT2D eigenvalue weighted by atomic mass is 19.1. The van der Waals surface area contributed by atoms with E-state index in [4.69, 9.17) is 0 Å². The standard InChI is InChI=1S/C19H30FN/c1-17(2,3)15-11-19(12-15,13-21-18(4,5)6)14-7-9-16(20)10-8-14/h7-10,15,21H,11-13H2,1-6H3. The molecule has 1 nitrogen and oxygen atoms in total. The number of halogens is 1. The normalized spacial score (nSPS) is 26.5. The smallest absolute Gasteiger partial charge is 0.123 e. The summed E-state index contributed by atoms with van der Waals surface area (Å²) < 4.78 is 13.2. The third-order valence-electron chi connectivity index (χ3n) is 4.91. The van der Waals surface area contributed by atoms with E-state index in [1.165, 1.54) is 18.4 Å². The molecule has 0 radical (unpaired) electrons. The average molecular weight is 291 g/mol. The predicted octanol–water partition coefficient (Wildman–Crippen LogP) is 4.91. The first-order valence-electron chi connectivity index (χ1n) is 8.03. The lowest BCUT2D eigenvalue weighted by molar-refractivity contribution is 0.0410. The fourth-order valence-electron chi connectivity index (χ4n) is 3.22. The quantitative estimate of drug-likeness (QED) is 0.834. The Bertz CT molecular complexity index is 464. The minimum absolute atomic E-state index is 0.111. The summed E-state index contributed by atoms with van der Waals surface area (Å²) >= 11 is 0. The van der Waals surface area contributed by atoms with Crippen LogP contribution in [0.4, 0.5) is 4.39 Å². The Labute approximate surface area is 129 Å². The highest BCUT2D eigenvalue weighted by Crippen LogP contribution is 2.54. The van der Waals surface area contributed by atoms with Gasteiger partial charge >= 0.3 is 0 Å². The van der Waals surface area contributed by atoms with Crippen LogP contribution < -0.4 is 5.32 Å². The molecule has 1 aliphatic rings. The van der Waals surface area contributed by atoms with Crippen LogP contribution in [0.1, 0.15) is 59.9 Å². The summed E-state index contributed by atoms with van der Waals surface area (Å²) in [5, 5.41) is 3.66. The van der Waals surface area contributed by atoms with Crippen molar-refractivity contribution in [3.8, 4) is 0 Å². The molecule has 0 amide bonds. The minimum Gasteiger partial charge on any atom is -0.311 e. The summed E-state index contributed by atoms with van der Waals surface area (Å²) in [5.41, 5.74) is 1.91. The molecule has 1 aliphatic carbocycles. The number of rotatable bonds is 3. The molecular weight excluding hydrogens is 261 g/mol. The van der Waals surface area contributed by atoms with Crippen LogP contribution in [0.15, 0.2) is 24.3 Å². The second-order valence-electron chi connectivity index (χ2n) is 8.86. The first kappa shape index (κ1) is 16.5. The lowest BCUT2D eigenvalue weighted by Gasteiger charge is -2.54. The van der Waals surface area contributed by atoms with Crippen LogP contribution in [-0.4, -0.2) is 12.1 Å². The third kappa shape index (κ3) is 3.85. The van der Waals surface area contributed by atoms with E-state index < -0.39 is 0 Å². The van der Waals surface area contributed by atoms with Crippen molar-refractivity contribution in [1.29, 1.82) is 0 Å². The van der Waals surface area contributed by atoms with Crippen LogP contribution >= 0.6 is 0 Å². The second-order valence-corrected chi connectivity index (χ2v) is 8.86. The van der Waals surface area contributed by atoms with Gasteiger partial charge in [-0.2, -0.15) is 0 Å². The maximum atomic E-state index is 13.2. The van der Waals surface area contributed by atoms with Gasteiger partial charge in [-0.25, -0.2) is 4.39 Å². The first-order chi connectivity index (χ1) is 9.52. The molecule has 1 saturated carbocycles. The SMILES string of the molecule is CC(C)(C)NCC1(c2ccc(F)cc2)CC(C(C)(C)C)C1. The summed E-state index contributed by atoms with van der Waals surface area (Å²) in [4.78, 5) is 0. The fraction of sp³-hybridized carbons (Fsp3) is 0.684. The van der Waals surface area contributed by atoms with E-state index in [2.05, 4.69) is 46.9 Å². The monoisotopic (exact) mass is 291 g/mol. The van der Waals surface area contributed by atoms with Crippen molar-refractivity contribution in [2.24, 2.45) is 11.3 Å². The topological polar surface area (TPSA) is 12.0 Å². The molecule has 0 bridgehead atoms. The molecule has 0 atom stereocenters. The van der Waals surface area contributed by atoms with Crippen molar-refractivity contribution in [1.82, 2.24) is 5.32 Å². The van der Waals surface area contributed by atoms with Gasteiger partial charge in [-0.15, -0.1) is 0 Å². The van der Waals surface area contributed by atoms with Crippen molar-refractivity contribution in [2.45, 2.75) is 65.3 Å². The van der Waals surface area contributed by atoms with Gasteiger partial charge in [-0.3, -0.25) is 0 Å². The number of hydrogen-bond donors (Lipinski definition) is 1. The highest BCUT2D eigenvalue weighted by Gasteiger charge is 2.49. The Balaban J connectivity index is 2.19. The second kappa shape index (κ2) is 5.39. The highest BCUT2D eigenvalue weighted by molar-refractivity contribution is 5.30. The number of nitrogens with one attached hydrogen (secondary N) is 1. The predicted molar refractivity (Wildman–Crippen MR) is 88.0 cm³/mol. The van der Waals surface area contributed by atoms with Gasteiger partial charge in [0.05, 0.1) is 0 Å². The van der Waals surface area contributed by atoms with Crippen molar-refractivity contribution in [3.63, 3.8) is 0 Å². The van der Waals surface area contributed by atoms with Crippen LogP contribution in [0.5, 0.6) is 0 Å². The molecule has 1 aromatic rings. The van der Waals surface area contributed by atoms with E-state index in [0.717, 1.165) is 12.5 Å². The van der Waals surface area contributed by atoms with Crippen molar-refractivity contribution in [3.05, 3.63) is 35.6 Å². The number of hydrogen-bond acceptors (Lipinski definition) is 1. The van der Waals surface area contributed by atoms with Crippen molar-refractivity contribution >= 4 is 0 Å². The molecule has 0 saturated heterocycles. The maximum absolute atomic E-state index is 13.2. The summed E-state index contributed by atoms with van der Waals surface area (Å²) in [5.74, 6) is 0.591. The molecule has 1 aromatic carbocycles. The number of benzene rings is 1. The van der Waals surface area contributed by atoms with Crippen molar-refractivity contribution < 1.29 is 4.39 Å². The van der Waals surface area contributed by atoms with Gasteiger partial charge < -0.3 is 5.32 Å². The Morgan fingerprint density at radius 2 is 1.57 bits per heavy atom.